The number of benzene rings is 1. The van der Waals surface area contributed by atoms with E-state index in [1.165, 1.54) is 26.0 Å². The Hall–Kier alpha value is -1.77. The van der Waals surface area contributed by atoms with E-state index >= 15 is 0 Å². The van der Waals surface area contributed by atoms with Gasteiger partial charge in [-0.25, -0.2) is 4.79 Å². The van der Waals surface area contributed by atoms with Crippen LogP contribution in [0, 0.1) is 5.92 Å². The molecule has 108 valence electrons. The van der Waals surface area contributed by atoms with E-state index < -0.39 is 0 Å². The molecule has 1 saturated carbocycles. The summed E-state index contributed by atoms with van der Waals surface area (Å²) >= 11 is 0. The van der Waals surface area contributed by atoms with Crippen molar-refractivity contribution < 1.29 is 14.6 Å². The van der Waals surface area contributed by atoms with Gasteiger partial charge in [0.2, 0.25) is 0 Å². The fourth-order valence-electron chi connectivity index (χ4n) is 2.30. The van der Waals surface area contributed by atoms with Crippen molar-refractivity contribution in [2.75, 3.05) is 7.11 Å². The molecule has 1 fully saturated rings. The van der Waals surface area contributed by atoms with Gasteiger partial charge < -0.3 is 9.84 Å². The molecule has 20 heavy (non-hydrogen) atoms. The fraction of sp³-hybridized carbons (Fsp3) is 0.471. The molecule has 1 aromatic carbocycles. The number of phenolic OH excluding ortho intramolecular Hbond substituents is 1. The molecule has 1 aromatic rings. The lowest BCUT2D eigenvalue weighted by atomic mass is 9.94. The maximum Gasteiger partial charge on any atom is 0.330 e. The van der Waals surface area contributed by atoms with E-state index in [0.717, 1.165) is 23.1 Å². The maximum absolute atomic E-state index is 11.2. The topological polar surface area (TPSA) is 46.5 Å². The van der Waals surface area contributed by atoms with E-state index in [1.54, 1.807) is 6.08 Å². The van der Waals surface area contributed by atoms with Crippen LogP contribution in [-0.4, -0.2) is 18.2 Å². The van der Waals surface area contributed by atoms with Crippen molar-refractivity contribution in [3.63, 3.8) is 0 Å². The van der Waals surface area contributed by atoms with Crippen LogP contribution < -0.4 is 0 Å². The van der Waals surface area contributed by atoms with Gasteiger partial charge in [-0.05, 0) is 66.0 Å². The average Bonchev–Trinajstić information content (AvgIpc) is 3.22. The lowest BCUT2D eigenvalue weighted by molar-refractivity contribution is -0.134. The SMILES string of the molecule is COC(=O)/C=C/c1cc(CC2CC2)c(O)c(C(C)C)c1. The van der Waals surface area contributed by atoms with Gasteiger partial charge in [-0.3, -0.25) is 0 Å². The lowest BCUT2D eigenvalue weighted by Crippen LogP contribution is -1.97. The van der Waals surface area contributed by atoms with Gasteiger partial charge in [0, 0.05) is 6.08 Å². The first-order valence-electron chi connectivity index (χ1n) is 7.13. The number of esters is 1. The number of methoxy groups -OCH3 is 1. The molecule has 0 spiro atoms. The van der Waals surface area contributed by atoms with Crippen molar-refractivity contribution in [1.82, 2.24) is 0 Å². The standard InChI is InChI=1S/C17H22O3/c1-11(2)15-10-13(6-7-16(18)20-3)9-14(17(15)19)8-12-4-5-12/h6-7,9-12,19H,4-5,8H2,1-3H3/b7-6+. The van der Waals surface area contributed by atoms with Crippen LogP contribution in [0.1, 0.15) is 49.3 Å². The highest BCUT2D eigenvalue weighted by Crippen LogP contribution is 2.38. The normalized spacial score (nSPS) is 15.0. The van der Waals surface area contributed by atoms with Crippen LogP contribution in [0.15, 0.2) is 18.2 Å². The minimum atomic E-state index is -0.368. The van der Waals surface area contributed by atoms with Crippen molar-refractivity contribution in [3.8, 4) is 5.75 Å². The van der Waals surface area contributed by atoms with E-state index in [0.29, 0.717) is 11.7 Å². The molecule has 0 aromatic heterocycles. The van der Waals surface area contributed by atoms with Crippen molar-refractivity contribution in [2.24, 2.45) is 5.92 Å². The quantitative estimate of drug-likeness (QED) is 0.658. The van der Waals surface area contributed by atoms with Gasteiger partial charge in [-0.1, -0.05) is 13.8 Å². The van der Waals surface area contributed by atoms with Crippen LogP contribution in [0.3, 0.4) is 0 Å². The Morgan fingerprint density at radius 2 is 2.15 bits per heavy atom. The van der Waals surface area contributed by atoms with E-state index in [2.05, 4.69) is 18.6 Å². The third kappa shape index (κ3) is 3.62. The van der Waals surface area contributed by atoms with Crippen LogP contribution in [0.4, 0.5) is 0 Å². The summed E-state index contributed by atoms with van der Waals surface area (Å²) in [7, 11) is 1.36. The molecule has 1 aliphatic carbocycles. The minimum absolute atomic E-state index is 0.249. The largest absolute Gasteiger partial charge is 0.507 e. The number of carbonyl (C=O) groups excluding carboxylic acids is 1. The highest BCUT2D eigenvalue weighted by Gasteiger charge is 2.24. The van der Waals surface area contributed by atoms with Gasteiger partial charge in [0.05, 0.1) is 7.11 Å². The zero-order chi connectivity index (χ0) is 14.7. The number of hydrogen-bond donors (Lipinski definition) is 1. The van der Waals surface area contributed by atoms with Gasteiger partial charge in [-0.15, -0.1) is 0 Å². The summed E-state index contributed by atoms with van der Waals surface area (Å²) in [4.78, 5) is 11.2. The van der Waals surface area contributed by atoms with Gasteiger partial charge in [0.25, 0.3) is 0 Å². The summed E-state index contributed by atoms with van der Waals surface area (Å²) < 4.78 is 4.60. The molecule has 0 heterocycles. The summed E-state index contributed by atoms with van der Waals surface area (Å²) in [5, 5.41) is 10.4. The third-order valence-electron chi connectivity index (χ3n) is 3.68. The molecule has 0 unspecified atom stereocenters. The third-order valence-corrected chi connectivity index (χ3v) is 3.68. The number of phenols is 1. The first-order chi connectivity index (χ1) is 9.51. The summed E-state index contributed by atoms with van der Waals surface area (Å²) in [6, 6.07) is 3.91. The summed E-state index contributed by atoms with van der Waals surface area (Å²) in [6.07, 6.45) is 6.58. The van der Waals surface area contributed by atoms with Crippen molar-refractivity contribution in [1.29, 1.82) is 0 Å². The fourth-order valence-corrected chi connectivity index (χ4v) is 2.30. The van der Waals surface area contributed by atoms with Crippen LogP contribution in [0.25, 0.3) is 6.08 Å². The Morgan fingerprint density at radius 3 is 2.70 bits per heavy atom. The molecular weight excluding hydrogens is 252 g/mol. The molecule has 0 bridgehead atoms. The van der Waals surface area contributed by atoms with Crippen LogP contribution in [0.5, 0.6) is 5.75 Å². The van der Waals surface area contributed by atoms with Gasteiger partial charge in [0.15, 0.2) is 0 Å². The first-order valence-corrected chi connectivity index (χ1v) is 7.13. The molecule has 0 aliphatic heterocycles. The molecule has 0 radical (unpaired) electrons. The van der Waals surface area contributed by atoms with E-state index in [1.807, 2.05) is 12.1 Å². The van der Waals surface area contributed by atoms with E-state index in [-0.39, 0.29) is 11.9 Å². The van der Waals surface area contributed by atoms with Gasteiger partial charge >= 0.3 is 5.97 Å². The van der Waals surface area contributed by atoms with Crippen LogP contribution >= 0.6 is 0 Å². The lowest BCUT2D eigenvalue weighted by Gasteiger charge is -2.14. The molecule has 1 aliphatic rings. The highest BCUT2D eigenvalue weighted by molar-refractivity contribution is 5.87. The zero-order valence-electron chi connectivity index (χ0n) is 12.3. The maximum atomic E-state index is 11.2. The molecule has 0 atom stereocenters. The minimum Gasteiger partial charge on any atom is -0.507 e. The molecular formula is C17H22O3. The van der Waals surface area contributed by atoms with Crippen molar-refractivity contribution in [3.05, 3.63) is 34.9 Å². The summed E-state index contributed by atoms with van der Waals surface area (Å²) in [5.74, 6) is 1.01. The van der Waals surface area contributed by atoms with Crippen LogP contribution in [-0.2, 0) is 16.0 Å². The summed E-state index contributed by atoms with van der Waals surface area (Å²) in [6.45, 7) is 4.12. The second-order valence-electron chi connectivity index (χ2n) is 5.78. The molecule has 3 nitrogen and oxygen atoms in total. The molecule has 0 amide bonds. The average molecular weight is 274 g/mol. The number of hydrogen-bond acceptors (Lipinski definition) is 3. The second-order valence-corrected chi connectivity index (χ2v) is 5.78. The molecule has 0 saturated heterocycles. The second kappa shape index (κ2) is 6.12. The Morgan fingerprint density at radius 1 is 1.45 bits per heavy atom. The number of ether oxygens (including phenoxy) is 1. The van der Waals surface area contributed by atoms with E-state index in [4.69, 9.17) is 0 Å². The smallest absolute Gasteiger partial charge is 0.330 e. The Labute approximate surface area is 120 Å². The van der Waals surface area contributed by atoms with Gasteiger partial charge in [-0.2, -0.15) is 0 Å². The molecule has 2 rings (SSSR count). The van der Waals surface area contributed by atoms with Crippen molar-refractivity contribution in [2.45, 2.75) is 39.0 Å². The first kappa shape index (κ1) is 14.6. The molecule has 1 N–H and O–H groups in total. The Kier molecular flexibility index (Phi) is 4.48. The highest BCUT2D eigenvalue weighted by atomic mass is 16.5. The number of aromatic hydroxyl groups is 1. The van der Waals surface area contributed by atoms with Crippen LogP contribution in [0.2, 0.25) is 0 Å². The van der Waals surface area contributed by atoms with E-state index in [9.17, 15) is 9.90 Å². The summed E-state index contributed by atoms with van der Waals surface area (Å²) in [5.41, 5.74) is 2.86. The molecule has 3 heteroatoms. The number of carbonyl (C=O) groups is 1. The van der Waals surface area contributed by atoms with Crippen molar-refractivity contribution >= 4 is 12.0 Å². The zero-order valence-corrected chi connectivity index (χ0v) is 12.3. The predicted octanol–water partition coefficient (Wildman–Crippen LogP) is 3.65. The Bertz CT molecular complexity index is 525. The number of rotatable bonds is 5. The Balaban J connectivity index is 2.33. The predicted molar refractivity (Wildman–Crippen MR) is 79.7 cm³/mol. The van der Waals surface area contributed by atoms with Gasteiger partial charge in [0.1, 0.15) is 5.75 Å². The monoisotopic (exact) mass is 274 g/mol.